The van der Waals surface area contributed by atoms with Crippen LogP contribution in [0.15, 0.2) is 72.8 Å². The summed E-state index contributed by atoms with van der Waals surface area (Å²) < 4.78 is 12.6. The van der Waals surface area contributed by atoms with Gasteiger partial charge in [-0.25, -0.2) is 4.79 Å². The topological polar surface area (TPSA) is 55.8 Å². The first-order valence-electron chi connectivity index (χ1n) is 9.99. The molecule has 0 amide bonds. The fraction of sp³-hybridized carbons (Fsp3) is 0.192. The lowest BCUT2D eigenvalue weighted by Crippen LogP contribution is -2.23. The summed E-state index contributed by atoms with van der Waals surface area (Å²) >= 11 is 2.30. The lowest BCUT2D eigenvalue weighted by atomic mass is 9.97. The van der Waals surface area contributed by atoms with Gasteiger partial charge in [0.2, 0.25) is 0 Å². The van der Waals surface area contributed by atoms with Crippen LogP contribution in [0.5, 0.6) is 11.5 Å². The molecule has 0 aliphatic carbocycles. The van der Waals surface area contributed by atoms with Gasteiger partial charge >= 0.3 is 5.97 Å². The Bertz CT molecular complexity index is 1020. The molecule has 0 aliphatic rings. The normalized spacial score (nSPS) is 12.3. The molecule has 1 unspecified atom stereocenters. The molecule has 1 N–H and O–H groups in total. The van der Waals surface area contributed by atoms with Crippen LogP contribution in [0.25, 0.3) is 5.57 Å². The van der Waals surface area contributed by atoms with E-state index in [1.807, 2.05) is 13.0 Å². The molecule has 0 aliphatic heterocycles. The number of hydrogen-bond acceptors (Lipinski definition) is 3. The molecular weight excluding hydrogens is 503 g/mol. The first kappa shape index (κ1) is 22.9. The van der Waals surface area contributed by atoms with Crippen molar-refractivity contribution in [3.8, 4) is 11.5 Å². The zero-order chi connectivity index (χ0) is 22.4. The Balaban J connectivity index is 1.78. The molecule has 4 nitrogen and oxygen atoms in total. The molecule has 0 saturated carbocycles. The van der Waals surface area contributed by atoms with Crippen molar-refractivity contribution in [2.24, 2.45) is 0 Å². The highest BCUT2D eigenvalue weighted by molar-refractivity contribution is 14.1. The largest absolute Gasteiger partial charge is 0.489 e. The van der Waals surface area contributed by atoms with Gasteiger partial charge in [-0.3, -0.25) is 0 Å². The Morgan fingerprint density at radius 1 is 1.00 bits per heavy atom. The molecule has 0 spiro atoms. The zero-order valence-electron chi connectivity index (χ0n) is 17.8. The molecule has 0 fully saturated rings. The third-order valence-electron chi connectivity index (χ3n) is 4.85. The number of hydrogen-bond donors (Lipinski definition) is 1. The van der Waals surface area contributed by atoms with Gasteiger partial charge in [0.05, 0.1) is 0 Å². The van der Waals surface area contributed by atoms with Gasteiger partial charge in [0, 0.05) is 3.57 Å². The van der Waals surface area contributed by atoms with Crippen LogP contribution in [0.1, 0.15) is 29.2 Å². The number of carboxylic acids is 1. The van der Waals surface area contributed by atoms with E-state index < -0.39 is 12.1 Å². The minimum Gasteiger partial charge on any atom is -0.489 e. The molecule has 31 heavy (non-hydrogen) atoms. The van der Waals surface area contributed by atoms with Crippen molar-refractivity contribution < 1.29 is 19.4 Å². The predicted octanol–water partition coefficient (Wildman–Crippen LogP) is 6.27. The van der Waals surface area contributed by atoms with Crippen LogP contribution < -0.4 is 9.47 Å². The summed E-state index contributed by atoms with van der Waals surface area (Å²) in [5, 5.41) is 9.02. The maximum Gasteiger partial charge on any atom is 0.344 e. The van der Waals surface area contributed by atoms with E-state index in [2.05, 4.69) is 84.1 Å². The van der Waals surface area contributed by atoms with E-state index >= 15 is 0 Å². The Morgan fingerprint density at radius 3 is 2.19 bits per heavy atom. The van der Waals surface area contributed by atoms with Crippen LogP contribution in [0.2, 0.25) is 0 Å². The Hall–Kier alpha value is -2.80. The van der Waals surface area contributed by atoms with E-state index in [9.17, 15) is 4.79 Å². The molecule has 0 radical (unpaired) electrons. The third kappa shape index (κ3) is 6.34. The van der Waals surface area contributed by atoms with Crippen molar-refractivity contribution >= 4 is 34.1 Å². The molecule has 0 bridgehead atoms. The third-order valence-corrected chi connectivity index (χ3v) is 5.57. The molecule has 0 aromatic heterocycles. The Kier molecular flexibility index (Phi) is 7.74. The van der Waals surface area contributed by atoms with E-state index in [1.54, 1.807) is 12.1 Å². The zero-order valence-corrected chi connectivity index (χ0v) is 19.9. The van der Waals surface area contributed by atoms with Crippen LogP contribution in [0.4, 0.5) is 0 Å². The van der Waals surface area contributed by atoms with Gasteiger partial charge in [-0.1, -0.05) is 42.0 Å². The summed E-state index contributed by atoms with van der Waals surface area (Å²) in [6.07, 6.45) is 1.18. The smallest absolute Gasteiger partial charge is 0.344 e. The predicted molar refractivity (Wildman–Crippen MR) is 132 cm³/mol. The quantitative estimate of drug-likeness (QED) is 0.350. The number of aliphatic carboxylic acids is 1. The molecule has 0 heterocycles. The average Bonchev–Trinajstić information content (AvgIpc) is 2.74. The van der Waals surface area contributed by atoms with Crippen molar-refractivity contribution in [1.82, 2.24) is 0 Å². The van der Waals surface area contributed by atoms with Gasteiger partial charge in [0.15, 0.2) is 6.10 Å². The lowest BCUT2D eigenvalue weighted by molar-refractivity contribution is -0.144. The van der Waals surface area contributed by atoms with Crippen LogP contribution in [-0.2, 0) is 4.79 Å². The van der Waals surface area contributed by atoms with Gasteiger partial charge in [-0.15, -0.1) is 0 Å². The van der Waals surface area contributed by atoms with Gasteiger partial charge in [-0.05, 0) is 102 Å². The summed E-state index contributed by atoms with van der Waals surface area (Å²) in [6, 6.07) is 22.3. The summed E-state index contributed by atoms with van der Waals surface area (Å²) in [4.78, 5) is 11.0. The molecule has 3 aromatic carbocycles. The summed E-state index contributed by atoms with van der Waals surface area (Å²) in [5.41, 5.74) is 5.43. The average molecular weight is 528 g/mol. The number of carbonyl (C=O) groups is 1. The van der Waals surface area contributed by atoms with Gasteiger partial charge in [0.1, 0.15) is 18.1 Å². The number of rotatable bonds is 8. The van der Waals surface area contributed by atoms with Gasteiger partial charge < -0.3 is 14.6 Å². The highest BCUT2D eigenvalue weighted by atomic mass is 127. The van der Waals surface area contributed by atoms with Crippen LogP contribution in [-0.4, -0.2) is 23.8 Å². The summed E-state index contributed by atoms with van der Waals surface area (Å²) in [5.74, 6) is 0.246. The molecular formula is C26H25IO4. The van der Waals surface area contributed by atoms with Crippen molar-refractivity contribution in [3.05, 3.63) is 98.6 Å². The Morgan fingerprint density at radius 2 is 1.61 bits per heavy atom. The maximum absolute atomic E-state index is 11.0. The van der Waals surface area contributed by atoms with Gasteiger partial charge in [0.25, 0.3) is 0 Å². The fourth-order valence-corrected chi connectivity index (χ4v) is 3.43. The first-order chi connectivity index (χ1) is 14.8. The van der Waals surface area contributed by atoms with Crippen LogP contribution >= 0.6 is 22.6 Å². The number of carboxylic acid groups (broad SMARTS) is 1. The summed E-state index contributed by atoms with van der Waals surface area (Å²) in [7, 11) is 0. The number of halogens is 1. The standard InChI is InChI=1S/C26H25IO4/c1-17-4-6-20(7-5-17)24(21-8-10-22(27)11-9-21)14-15-30-23-12-13-25(18(2)16-23)31-19(3)26(28)29/h4-14,16,19H,15H2,1-3H3,(H,28,29)/b24-14-. The molecule has 3 aromatic rings. The van der Waals surface area contributed by atoms with E-state index in [-0.39, 0.29) is 0 Å². The van der Waals surface area contributed by atoms with E-state index in [0.717, 1.165) is 22.3 Å². The highest BCUT2D eigenvalue weighted by Gasteiger charge is 2.14. The monoisotopic (exact) mass is 528 g/mol. The number of benzene rings is 3. The maximum atomic E-state index is 11.0. The minimum absolute atomic E-state index is 0.403. The van der Waals surface area contributed by atoms with Crippen molar-refractivity contribution in [3.63, 3.8) is 0 Å². The van der Waals surface area contributed by atoms with E-state index in [4.69, 9.17) is 14.6 Å². The molecule has 1 atom stereocenters. The van der Waals surface area contributed by atoms with Crippen molar-refractivity contribution in [2.75, 3.05) is 6.61 Å². The second-order valence-corrected chi connectivity index (χ2v) is 8.57. The van der Waals surface area contributed by atoms with Crippen LogP contribution in [0.3, 0.4) is 0 Å². The Labute approximate surface area is 196 Å². The van der Waals surface area contributed by atoms with E-state index in [0.29, 0.717) is 18.1 Å². The van der Waals surface area contributed by atoms with Crippen molar-refractivity contribution in [2.45, 2.75) is 26.9 Å². The number of ether oxygens (including phenoxy) is 2. The first-order valence-corrected chi connectivity index (χ1v) is 11.1. The SMILES string of the molecule is Cc1ccc(/C(=C/COc2ccc(OC(C)C(=O)O)c(C)c2)c2ccc(I)cc2)cc1. The van der Waals surface area contributed by atoms with Gasteiger partial charge in [-0.2, -0.15) is 0 Å². The lowest BCUT2D eigenvalue weighted by Gasteiger charge is -2.14. The van der Waals surface area contributed by atoms with E-state index in [1.165, 1.54) is 16.1 Å². The molecule has 5 heteroatoms. The van der Waals surface area contributed by atoms with Crippen molar-refractivity contribution in [1.29, 1.82) is 0 Å². The second-order valence-electron chi connectivity index (χ2n) is 7.33. The minimum atomic E-state index is -0.996. The summed E-state index contributed by atoms with van der Waals surface area (Å²) in [6.45, 7) is 5.86. The molecule has 0 saturated heterocycles. The van der Waals surface area contributed by atoms with Crippen LogP contribution in [0, 0.1) is 17.4 Å². The fourth-order valence-electron chi connectivity index (χ4n) is 3.07. The molecule has 160 valence electrons. The number of aryl methyl sites for hydroxylation is 2. The highest BCUT2D eigenvalue weighted by Crippen LogP contribution is 2.27. The molecule has 3 rings (SSSR count). The second kappa shape index (κ2) is 10.5.